The maximum atomic E-state index is 13.5. The molecule has 0 saturated carbocycles. The van der Waals surface area contributed by atoms with Crippen LogP contribution in [0.25, 0.3) is 0 Å². The van der Waals surface area contributed by atoms with E-state index in [0.717, 1.165) is 11.3 Å². The van der Waals surface area contributed by atoms with E-state index in [0.29, 0.717) is 42.4 Å². The molecule has 0 unspecified atom stereocenters. The van der Waals surface area contributed by atoms with Gasteiger partial charge in [-0.15, -0.1) is 0 Å². The summed E-state index contributed by atoms with van der Waals surface area (Å²) in [5.41, 5.74) is 5.56. The first-order valence-corrected chi connectivity index (χ1v) is 11.9. The third kappa shape index (κ3) is 6.32. The number of aliphatic hydroxyl groups is 1. The van der Waals surface area contributed by atoms with Crippen LogP contribution in [0.15, 0.2) is 72.8 Å². The topological polar surface area (TPSA) is 89.1 Å². The lowest BCUT2D eigenvalue weighted by Gasteiger charge is -2.29. The largest absolute Gasteiger partial charge is 0.494 e. The van der Waals surface area contributed by atoms with Crippen LogP contribution in [0.3, 0.4) is 0 Å². The molecule has 0 fully saturated rings. The molecule has 0 radical (unpaired) electrons. The van der Waals surface area contributed by atoms with Gasteiger partial charge < -0.3 is 19.3 Å². The Balaban J connectivity index is 1.84. The maximum Gasteiger partial charge on any atom is 0.275 e. The lowest BCUT2D eigenvalue weighted by Crippen LogP contribution is -2.51. The van der Waals surface area contributed by atoms with Gasteiger partial charge in [0, 0.05) is 6.04 Å². The molecule has 0 saturated heterocycles. The predicted octanol–water partition coefficient (Wildman–Crippen LogP) is 4.50. The number of carbonyl (C=O) groups is 1. The predicted molar refractivity (Wildman–Crippen MR) is 136 cm³/mol. The monoisotopic (exact) mass is 478 g/mol. The highest BCUT2D eigenvalue weighted by atomic mass is 16.5. The van der Waals surface area contributed by atoms with Gasteiger partial charge in [-0.05, 0) is 80.8 Å². The average Bonchev–Trinajstić information content (AvgIpc) is 2.88. The molecule has 0 heterocycles. The third-order valence-corrected chi connectivity index (χ3v) is 5.59. The Morgan fingerprint density at radius 1 is 0.743 bits per heavy atom. The molecular weight excluding hydrogens is 444 g/mol. The Kier molecular flexibility index (Phi) is 9.11. The quantitative estimate of drug-likeness (QED) is 0.332. The highest BCUT2D eigenvalue weighted by molar-refractivity contribution is 5.89. The van der Waals surface area contributed by atoms with Crippen molar-refractivity contribution >= 4 is 5.91 Å². The Hall–Kier alpha value is -3.55. The van der Waals surface area contributed by atoms with Gasteiger partial charge in [0.2, 0.25) is 0 Å². The van der Waals surface area contributed by atoms with E-state index < -0.39 is 11.5 Å². The van der Waals surface area contributed by atoms with Crippen molar-refractivity contribution in [1.29, 1.82) is 0 Å². The van der Waals surface area contributed by atoms with Gasteiger partial charge in [0.15, 0.2) is 5.60 Å². The Morgan fingerprint density at radius 3 is 1.49 bits per heavy atom. The summed E-state index contributed by atoms with van der Waals surface area (Å²) < 4.78 is 16.5. The standard InChI is InChI=1S/C28H34N2O5/c1-5-33-24-14-8-21(9-15-24)20(4)29-30-27(31)28(32,22-10-16-25(17-11-22)34-6-2)23-12-18-26(19-13-23)35-7-3/h8-20,29,32H,5-7H2,1-4H3,(H,30,31)/t20-/m1/s1. The van der Waals surface area contributed by atoms with Crippen molar-refractivity contribution in [3.8, 4) is 17.2 Å². The number of amides is 1. The molecule has 3 aromatic rings. The van der Waals surface area contributed by atoms with Crippen LogP contribution in [0, 0.1) is 0 Å². The summed E-state index contributed by atoms with van der Waals surface area (Å²) in [6, 6.07) is 21.1. The second kappa shape index (κ2) is 12.2. The van der Waals surface area contributed by atoms with Gasteiger partial charge in [0.25, 0.3) is 5.91 Å². The van der Waals surface area contributed by atoms with E-state index >= 15 is 0 Å². The first-order chi connectivity index (χ1) is 16.9. The molecule has 1 atom stereocenters. The number of nitrogens with one attached hydrogen (secondary N) is 2. The van der Waals surface area contributed by atoms with Gasteiger partial charge >= 0.3 is 0 Å². The van der Waals surface area contributed by atoms with Crippen LogP contribution >= 0.6 is 0 Å². The van der Waals surface area contributed by atoms with E-state index in [1.807, 2.05) is 52.0 Å². The van der Waals surface area contributed by atoms with Crippen molar-refractivity contribution < 1.29 is 24.1 Å². The number of ether oxygens (including phenoxy) is 3. The minimum atomic E-state index is -1.94. The molecule has 7 nitrogen and oxygen atoms in total. The first-order valence-electron chi connectivity index (χ1n) is 11.9. The number of hydrogen-bond acceptors (Lipinski definition) is 6. The summed E-state index contributed by atoms with van der Waals surface area (Å²) in [5, 5.41) is 11.8. The second-order valence-corrected chi connectivity index (χ2v) is 7.95. The minimum Gasteiger partial charge on any atom is -0.494 e. The number of hydrogen-bond donors (Lipinski definition) is 3. The van der Waals surface area contributed by atoms with Gasteiger partial charge in [-0.25, -0.2) is 5.43 Å². The molecule has 0 aliphatic rings. The highest BCUT2D eigenvalue weighted by Crippen LogP contribution is 2.32. The fraction of sp³-hybridized carbons (Fsp3) is 0.321. The fourth-order valence-corrected chi connectivity index (χ4v) is 3.71. The molecule has 0 bridgehead atoms. The van der Waals surface area contributed by atoms with Crippen LogP contribution in [0.4, 0.5) is 0 Å². The van der Waals surface area contributed by atoms with Crippen molar-refractivity contribution in [2.45, 2.75) is 39.3 Å². The van der Waals surface area contributed by atoms with Crippen molar-refractivity contribution in [2.75, 3.05) is 19.8 Å². The van der Waals surface area contributed by atoms with Crippen LogP contribution in [-0.4, -0.2) is 30.8 Å². The number of hydrazine groups is 1. The lowest BCUT2D eigenvalue weighted by atomic mass is 9.85. The molecule has 1 amide bonds. The molecule has 0 aliphatic heterocycles. The molecule has 7 heteroatoms. The summed E-state index contributed by atoms with van der Waals surface area (Å²) in [4.78, 5) is 13.5. The zero-order chi connectivity index (χ0) is 25.3. The van der Waals surface area contributed by atoms with E-state index in [-0.39, 0.29) is 6.04 Å². The third-order valence-electron chi connectivity index (χ3n) is 5.59. The van der Waals surface area contributed by atoms with Crippen LogP contribution in [0.5, 0.6) is 17.2 Å². The van der Waals surface area contributed by atoms with Crippen LogP contribution in [0.1, 0.15) is 50.4 Å². The maximum absolute atomic E-state index is 13.5. The normalized spacial score (nSPS) is 12.0. The van der Waals surface area contributed by atoms with Crippen molar-refractivity contribution in [3.63, 3.8) is 0 Å². The first kappa shape index (κ1) is 26.1. The molecule has 3 aromatic carbocycles. The summed E-state index contributed by atoms with van der Waals surface area (Å²) in [7, 11) is 0. The molecule has 0 aromatic heterocycles. The van der Waals surface area contributed by atoms with E-state index in [2.05, 4.69) is 10.9 Å². The Morgan fingerprint density at radius 2 is 1.11 bits per heavy atom. The number of carbonyl (C=O) groups excluding carboxylic acids is 1. The van der Waals surface area contributed by atoms with Crippen molar-refractivity contribution in [3.05, 3.63) is 89.5 Å². The summed E-state index contributed by atoms with van der Waals surface area (Å²) in [5.74, 6) is 1.50. The van der Waals surface area contributed by atoms with E-state index in [4.69, 9.17) is 14.2 Å². The average molecular weight is 479 g/mol. The lowest BCUT2D eigenvalue weighted by molar-refractivity contribution is -0.138. The smallest absolute Gasteiger partial charge is 0.275 e. The number of rotatable bonds is 12. The highest BCUT2D eigenvalue weighted by Gasteiger charge is 2.40. The van der Waals surface area contributed by atoms with E-state index in [1.54, 1.807) is 48.5 Å². The minimum absolute atomic E-state index is 0.209. The summed E-state index contributed by atoms with van der Waals surface area (Å²) >= 11 is 0. The zero-order valence-electron chi connectivity index (χ0n) is 20.7. The van der Waals surface area contributed by atoms with Gasteiger partial charge in [-0.2, -0.15) is 0 Å². The van der Waals surface area contributed by atoms with Crippen molar-refractivity contribution in [1.82, 2.24) is 10.9 Å². The van der Waals surface area contributed by atoms with Crippen LogP contribution in [-0.2, 0) is 10.4 Å². The van der Waals surface area contributed by atoms with Crippen molar-refractivity contribution in [2.24, 2.45) is 0 Å². The molecule has 0 spiro atoms. The molecule has 0 aliphatic carbocycles. The Bertz CT molecular complexity index is 1020. The molecule has 3 N–H and O–H groups in total. The molecule has 186 valence electrons. The fourth-order valence-electron chi connectivity index (χ4n) is 3.71. The molecule has 35 heavy (non-hydrogen) atoms. The second-order valence-electron chi connectivity index (χ2n) is 7.95. The number of benzene rings is 3. The molecule has 3 rings (SSSR count). The van der Waals surface area contributed by atoms with E-state index in [9.17, 15) is 9.90 Å². The van der Waals surface area contributed by atoms with Crippen LogP contribution in [0.2, 0.25) is 0 Å². The van der Waals surface area contributed by atoms with Crippen LogP contribution < -0.4 is 25.1 Å². The SMILES string of the molecule is CCOc1ccc([C@@H](C)NNC(=O)C(O)(c2ccc(OCC)cc2)c2ccc(OCC)cc2)cc1. The van der Waals surface area contributed by atoms with Gasteiger partial charge in [-0.1, -0.05) is 36.4 Å². The summed E-state index contributed by atoms with van der Waals surface area (Å²) in [6.07, 6.45) is 0. The van der Waals surface area contributed by atoms with E-state index in [1.165, 1.54) is 0 Å². The van der Waals surface area contributed by atoms with Gasteiger partial charge in [0.1, 0.15) is 17.2 Å². The molecular formula is C28H34N2O5. The zero-order valence-corrected chi connectivity index (χ0v) is 20.7. The van der Waals surface area contributed by atoms with Gasteiger partial charge in [-0.3, -0.25) is 10.2 Å². The summed E-state index contributed by atoms with van der Waals surface area (Å²) in [6.45, 7) is 9.29. The Labute approximate surface area is 207 Å². The van der Waals surface area contributed by atoms with Gasteiger partial charge in [0.05, 0.1) is 19.8 Å².